The third-order valence-corrected chi connectivity index (χ3v) is 4.73. The first-order valence-electron chi connectivity index (χ1n) is 9.48. The minimum absolute atomic E-state index is 0.127. The molecule has 0 aliphatic carbocycles. The van der Waals surface area contributed by atoms with Crippen molar-refractivity contribution in [2.45, 2.75) is 33.1 Å². The van der Waals surface area contributed by atoms with E-state index in [1.54, 1.807) is 19.2 Å². The number of carboxylic acids is 1. The highest BCUT2D eigenvalue weighted by molar-refractivity contribution is 6.03. The van der Waals surface area contributed by atoms with E-state index < -0.39 is 5.97 Å². The number of carbonyl (C=O) groups is 1. The Labute approximate surface area is 164 Å². The van der Waals surface area contributed by atoms with Gasteiger partial charge < -0.3 is 19.4 Å². The fourth-order valence-electron chi connectivity index (χ4n) is 3.19. The second kappa shape index (κ2) is 8.74. The number of rotatable bonds is 8. The van der Waals surface area contributed by atoms with Crippen LogP contribution in [0.1, 0.15) is 42.1 Å². The topological polar surface area (TPSA) is 71.5 Å². The summed E-state index contributed by atoms with van der Waals surface area (Å²) in [7, 11) is 1.59. The summed E-state index contributed by atoms with van der Waals surface area (Å²) in [5, 5.41) is 12.3. The highest BCUT2D eigenvalue weighted by atomic mass is 16.5. The van der Waals surface area contributed by atoms with Gasteiger partial charge in [0.2, 0.25) is 0 Å². The molecule has 3 rings (SSSR count). The largest absolute Gasteiger partial charge is 0.545 e. The van der Waals surface area contributed by atoms with E-state index in [0.29, 0.717) is 34.7 Å². The predicted molar refractivity (Wildman–Crippen MR) is 108 cm³/mol. The number of pyridine rings is 1. The minimum Gasteiger partial charge on any atom is -0.545 e. The number of hydrogen-bond acceptors (Lipinski definition) is 5. The fourth-order valence-corrected chi connectivity index (χ4v) is 3.19. The molecule has 1 heterocycles. The molecule has 0 fully saturated rings. The summed E-state index contributed by atoms with van der Waals surface area (Å²) in [5.74, 6) is 0.0391. The molecule has 2 aromatic carbocycles. The summed E-state index contributed by atoms with van der Waals surface area (Å²) in [5.41, 5.74) is 2.99. The summed E-state index contributed by atoms with van der Waals surface area (Å²) < 4.78 is 11.3. The Morgan fingerprint density at radius 2 is 1.93 bits per heavy atom. The first-order valence-corrected chi connectivity index (χ1v) is 9.48. The molecule has 0 unspecified atom stereocenters. The van der Waals surface area contributed by atoms with Crippen LogP contribution >= 0.6 is 0 Å². The number of methoxy groups -OCH3 is 1. The van der Waals surface area contributed by atoms with Gasteiger partial charge in [0.25, 0.3) is 0 Å². The van der Waals surface area contributed by atoms with Crippen LogP contribution in [0.4, 0.5) is 0 Å². The van der Waals surface area contributed by atoms with Gasteiger partial charge >= 0.3 is 0 Å². The Balaban J connectivity index is 2.02. The zero-order chi connectivity index (χ0) is 20.1. The van der Waals surface area contributed by atoms with Gasteiger partial charge in [0, 0.05) is 16.5 Å². The van der Waals surface area contributed by atoms with Crippen LogP contribution in [0.5, 0.6) is 11.5 Å². The van der Waals surface area contributed by atoms with E-state index >= 15 is 0 Å². The van der Waals surface area contributed by atoms with Gasteiger partial charge in [0.05, 0.1) is 30.9 Å². The second-order valence-electron chi connectivity index (χ2n) is 6.73. The summed E-state index contributed by atoms with van der Waals surface area (Å²) in [6, 6.07) is 12.5. The number of para-hydroxylation sites is 1. The number of carbonyl (C=O) groups excluding carboxylic acids is 1. The van der Waals surface area contributed by atoms with Crippen molar-refractivity contribution in [3.63, 3.8) is 0 Å². The van der Waals surface area contributed by atoms with Gasteiger partial charge in [0.1, 0.15) is 0 Å². The predicted octanol–water partition coefficient (Wildman–Crippen LogP) is 4.15. The maximum absolute atomic E-state index is 11.7. The van der Waals surface area contributed by atoms with Gasteiger partial charge in [-0.1, -0.05) is 38.0 Å². The molecule has 0 aliphatic heterocycles. The number of hydrogen-bond donors (Lipinski definition) is 0. The van der Waals surface area contributed by atoms with E-state index in [1.807, 2.05) is 37.3 Å². The highest BCUT2D eigenvalue weighted by Gasteiger charge is 2.13. The third-order valence-electron chi connectivity index (χ3n) is 4.73. The van der Waals surface area contributed by atoms with E-state index in [0.717, 1.165) is 30.4 Å². The molecule has 0 bridgehead atoms. The number of ether oxygens (including phenoxy) is 2. The van der Waals surface area contributed by atoms with Crippen LogP contribution in [0.15, 0.2) is 42.5 Å². The van der Waals surface area contributed by atoms with Crippen molar-refractivity contribution in [2.24, 2.45) is 0 Å². The Morgan fingerprint density at radius 1 is 1.11 bits per heavy atom. The van der Waals surface area contributed by atoms with Gasteiger partial charge in [0.15, 0.2) is 11.5 Å². The van der Waals surface area contributed by atoms with Crippen LogP contribution in [-0.4, -0.2) is 24.7 Å². The van der Waals surface area contributed by atoms with E-state index in [4.69, 9.17) is 14.5 Å². The zero-order valence-electron chi connectivity index (χ0n) is 16.5. The van der Waals surface area contributed by atoms with E-state index in [1.165, 1.54) is 0 Å². The summed E-state index contributed by atoms with van der Waals surface area (Å²) in [6.45, 7) is 4.69. The third kappa shape index (κ3) is 4.09. The number of benzene rings is 2. The molecular formula is C23H24NO4-. The number of aryl methyl sites for hydroxylation is 1. The van der Waals surface area contributed by atoms with Crippen LogP contribution < -0.4 is 14.6 Å². The van der Waals surface area contributed by atoms with Gasteiger partial charge in [-0.3, -0.25) is 0 Å². The SMILES string of the molecule is CCCCCOc1ccc(-c2cc(C(=O)[O-])c3cccc(C)c3n2)cc1OC. The number of fused-ring (bicyclic) bond motifs is 1. The van der Waals surface area contributed by atoms with Gasteiger partial charge in [-0.2, -0.15) is 0 Å². The van der Waals surface area contributed by atoms with Crippen LogP contribution in [0.3, 0.4) is 0 Å². The van der Waals surface area contributed by atoms with Crippen molar-refractivity contribution in [3.05, 3.63) is 53.6 Å². The molecule has 0 N–H and O–H groups in total. The molecule has 0 amide bonds. The molecule has 0 radical (unpaired) electrons. The average Bonchev–Trinajstić information content (AvgIpc) is 2.70. The average molecular weight is 378 g/mol. The molecule has 1 aromatic heterocycles. The normalized spacial score (nSPS) is 10.8. The maximum Gasteiger partial charge on any atom is 0.161 e. The van der Waals surface area contributed by atoms with Crippen molar-refractivity contribution in [1.82, 2.24) is 4.98 Å². The van der Waals surface area contributed by atoms with Crippen LogP contribution in [-0.2, 0) is 0 Å². The smallest absolute Gasteiger partial charge is 0.161 e. The Morgan fingerprint density at radius 3 is 2.64 bits per heavy atom. The van der Waals surface area contributed by atoms with E-state index in [2.05, 4.69) is 6.92 Å². The summed E-state index contributed by atoms with van der Waals surface area (Å²) in [6.07, 6.45) is 3.24. The molecule has 0 saturated heterocycles. The van der Waals surface area contributed by atoms with Crippen LogP contribution in [0.25, 0.3) is 22.2 Å². The molecule has 3 aromatic rings. The molecule has 0 spiro atoms. The number of aromatic carboxylic acids is 1. The first-order chi connectivity index (χ1) is 13.5. The molecule has 0 saturated carbocycles. The molecule has 5 heteroatoms. The lowest BCUT2D eigenvalue weighted by atomic mass is 10.0. The van der Waals surface area contributed by atoms with Crippen molar-refractivity contribution in [2.75, 3.05) is 13.7 Å². The second-order valence-corrected chi connectivity index (χ2v) is 6.73. The van der Waals surface area contributed by atoms with Crippen molar-refractivity contribution < 1.29 is 19.4 Å². The van der Waals surface area contributed by atoms with Crippen molar-refractivity contribution in [3.8, 4) is 22.8 Å². The lowest BCUT2D eigenvalue weighted by molar-refractivity contribution is -0.254. The van der Waals surface area contributed by atoms with Crippen LogP contribution in [0, 0.1) is 6.92 Å². The van der Waals surface area contributed by atoms with Gasteiger partial charge in [-0.25, -0.2) is 4.98 Å². The van der Waals surface area contributed by atoms with Crippen molar-refractivity contribution >= 4 is 16.9 Å². The Bertz CT molecular complexity index is 997. The standard InChI is InChI=1S/C23H25NO4/c1-4-5-6-12-28-20-11-10-16(13-21(20)27-3)19-14-18(23(25)26)17-9-7-8-15(2)22(17)24-19/h7-11,13-14H,4-6,12H2,1-3H3,(H,25,26)/p-1. The number of aromatic nitrogens is 1. The Hall–Kier alpha value is -3.08. The summed E-state index contributed by atoms with van der Waals surface area (Å²) in [4.78, 5) is 16.4. The zero-order valence-corrected chi connectivity index (χ0v) is 16.5. The molecule has 146 valence electrons. The monoisotopic (exact) mass is 378 g/mol. The van der Waals surface area contributed by atoms with Gasteiger partial charge in [-0.15, -0.1) is 0 Å². The number of carboxylic acid groups (broad SMARTS) is 1. The lowest BCUT2D eigenvalue weighted by Gasteiger charge is -2.14. The lowest BCUT2D eigenvalue weighted by Crippen LogP contribution is -2.22. The quantitative estimate of drug-likeness (QED) is 0.551. The molecule has 0 aliphatic rings. The minimum atomic E-state index is -1.22. The van der Waals surface area contributed by atoms with Crippen LogP contribution in [0.2, 0.25) is 0 Å². The fraction of sp³-hybridized carbons (Fsp3) is 0.304. The van der Waals surface area contributed by atoms with E-state index in [9.17, 15) is 9.90 Å². The first kappa shape index (κ1) is 19.7. The number of unbranched alkanes of at least 4 members (excludes halogenated alkanes) is 2. The highest BCUT2D eigenvalue weighted by Crippen LogP contribution is 2.34. The molecule has 0 atom stereocenters. The number of nitrogens with zero attached hydrogens (tertiary/aromatic N) is 1. The Kier molecular flexibility index (Phi) is 6.14. The summed E-state index contributed by atoms with van der Waals surface area (Å²) >= 11 is 0. The molecule has 28 heavy (non-hydrogen) atoms. The molecule has 5 nitrogen and oxygen atoms in total. The maximum atomic E-state index is 11.7. The van der Waals surface area contributed by atoms with Crippen molar-refractivity contribution in [1.29, 1.82) is 0 Å². The van der Waals surface area contributed by atoms with E-state index in [-0.39, 0.29) is 5.56 Å². The molecular weight excluding hydrogens is 354 g/mol. The van der Waals surface area contributed by atoms with Gasteiger partial charge in [-0.05, 0) is 43.2 Å².